The fourth-order valence-corrected chi connectivity index (χ4v) is 3.41. The molecule has 1 N–H and O–H groups in total. The van der Waals surface area contributed by atoms with Crippen molar-refractivity contribution in [1.29, 1.82) is 0 Å². The number of hydrogen-bond donors (Lipinski definition) is 1. The zero-order valence-electron chi connectivity index (χ0n) is 12.8. The molecule has 0 radical (unpaired) electrons. The molecule has 4 nitrogen and oxygen atoms in total. The predicted octanol–water partition coefficient (Wildman–Crippen LogP) is 2.28. The summed E-state index contributed by atoms with van der Waals surface area (Å²) < 4.78 is 2.30. The van der Waals surface area contributed by atoms with E-state index in [1.54, 1.807) is 0 Å². The van der Waals surface area contributed by atoms with Gasteiger partial charge in [0.05, 0.1) is 18.1 Å². The monoisotopic (exact) mass is 264 g/mol. The smallest absolute Gasteiger partial charge is 0.0948 e. The first-order chi connectivity index (χ1) is 9.19. The van der Waals surface area contributed by atoms with Gasteiger partial charge in [0.15, 0.2) is 0 Å². The SMILES string of the molecule is CCn1cncc1C1C(CNC)CCCN1C(C)C. The van der Waals surface area contributed by atoms with E-state index in [0.29, 0.717) is 18.0 Å². The van der Waals surface area contributed by atoms with Crippen LogP contribution in [0.4, 0.5) is 0 Å². The number of piperidine rings is 1. The molecule has 0 spiro atoms. The minimum atomic E-state index is 0.503. The first-order valence-electron chi connectivity index (χ1n) is 7.59. The van der Waals surface area contributed by atoms with Gasteiger partial charge in [-0.25, -0.2) is 4.98 Å². The number of nitrogens with one attached hydrogen (secondary N) is 1. The predicted molar refractivity (Wildman–Crippen MR) is 79.1 cm³/mol. The van der Waals surface area contributed by atoms with Gasteiger partial charge < -0.3 is 9.88 Å². The summed E-state index contributed by atoms with van der Waals surface area (Å²) in [6.45, 7) is 10.1. The first-order valence-corrected chi connectivity index (χ1v) is 7.59. The Morgan fingerprint density at radius 2 is 2.26 bits per heavy atom. The average Bonchev–Trinajstić information content (AvgIpc) is 2.86. The summed E-state index contributed by atoms with van der Waals surface area (Å²) in [5.74, 6) is 0.683. The van der Waals surface area contributed by atoms with E-state index < -0.39 is 0 Å². The molecule has 2 unspecified atom stereocenters. The van der Waals surface area contributed by atoms with Crippen molar-refractivity contribution in [2.24, 2.45) is 5.92 Å². The van der Waals surface area contributed by atoms with Crippen molar-refractivity contribution >= 4 is 0 Å². The standard InChI is InChI=1S/C15H28N4/c1-5-18-11-17-10-14(18)15-13(9-16-4)7-6-8-19(15)12(2)3/h10-13,15-16H,5-9H2,1-4H3. The van der Waals surface area contributed by atoms with Crippen molar-refractivity contribution in [2.75, 3.05) is 20.1 Å². The summed E-state index contributed by atoms with van der Waals surface area (Å²) >= 11 is 0. The van der Waals surface area contributed by atoms with Crippen LogP contribution < -0.4 is 5.32 Å². The molecule has 0 amide bonds. The number of aryl methyl sites for hydroxylation is 1. The van der Waals surface area contributed by atoms with Gasteiger partial charge in [-0.15, -0.1) is 0 Å². The molecule has 19 heavy (non-hydrogen) atoms. The molecule has 1 aromatic heterocycles. The maximum absolute atomic E-state index is 4.37. The third-order valence-electron chi connectivity index (χ3n) is 4.31. The molecule has 2 rings (SSSR count). The van der Waals surface area contributed by atoms with Crippen LogP contribution >= 0.6 is 0 Å². The fraction of sp³-hybridized carbons (Fsp3) is 0.800. The van der Waals surface area contributed by atoms with Crippen molar-refractivity contribution in [3.05, 3.63) is 18.2 Å². The summed E-state index contributed by atoms with van der Waals surface area (Å²) in [7, 11) is 2.06. The molecule has 0 aromatic carbocycles. The molecule has 108 valence electrons. The van der Waals surface area contributed by atoms with E-state index in [9.17, 15) is 0 Å². The Hall–Kier alpha value is -0.870. The normalized spacial score (nSPS) is 25.1. The highest BCUT2D eigenvalue weighted by Crippen LogP contribution is 2.36. The molecule has 1 aliphatic rings. The van der Waals surface area contributed by atoms with E-state index in [1.807, 2.05) is 6.33 Å². The van der Waals surface area contributed by atoms with Gasteiger partial charge in [0, 0.05) is 18.8 Å². The van der Waals surface area contributed by atoms with Crippen LogP contribution in [0.25, 0.3) is 0 Å². The van der Waals surface area contributed by atoms with E-state index >= 15 is 0 Å². The molecule has 4 heteroatoms. The van der Waals surface area contributed by atoms with Crippen molar-refractivity contribution in [1.82, 2.24) is 19.8 Å². The third kappa shape index (κ3) is 3.00. The lowest BCUT2D eigenvalue weighted by Crippen LogP contribution is -2.46. The van der Waals surface area contributed by atoms with Crippen LogP contribution in [0.3, 0.4) is 0 Å². The maximum Gasteiger partial charge on any atom is 0.0948 e. The minimum Gasteiger partial charge on any atom is -0.333 e. The lowest BCUT2D eigenvalue weighted by atomic mass is 9.86. The van der Waals surface area contributed by atoms with Gasteiger partial charge in [-0.2, -0.15) is 0 Å². The fourth-order valence-electron chi connectivity index (χ4n) is 3.41. The topological polar surface area (TPSA) is 33.1 Å². The number of hydrogen-bond acceptors (Lipinski definition) is 3. The number of imidazole rings is 1. The second kappa shape index (κ2) is 6.53. The Morgan fingerprint density at radius 3 is 2.89 bits per heavy atom. The zero-order chi connectivity index (χ0) is 13.8. The van der Waals surface area contributed by atoms with E-state index in [0.717, 1.165) is 13.1 Å². The highest BCUT2D eigenvalue weighted by molar-refractivity contribution is 5.10. The van der Waals surface area contributed by atoms with Gasteiger partial charge in [-0.3, -0.25) is 4.90 Å². The van der Waals surface area contributed by atoms with Crippen LogP contribution in [0.2, 0.25) is 0 Å². The summed E-state index contributed by atoms with van der Waals surface area (Å²) in [4.78, 5) is 7.02. The molecular weight excluding hydrogens is 236 g/mol. The average molecular weight is 264 g/mol. The Balaban J connectivity index is 2.31. The Bertz CT molecular complexity index is 383. The lowest BCUT2D eigenvalue weighted by molar-refractivity contribution is 0.0587. The highest BCUT2D eigenvalue weighted by atomic mass is 15.2. The lowest BCUT2D eigenvalue weighted by Gasteiger charge is -2.44. The molecular formula is C15H28N4. The Kier molecular flexibility index (Phi) is 4.99. The van der Waals surface area contributed by atoms with Crippen molar-refractivity contribution in [3.8, 4) is 0 Å². The largest absolute Gasteiger partial charge is 0.333 e. The number of rotatable bonds is 5. The summed E-state index contributed by atoms with van der Waals surface area (Å²) in [5.41, 5.74) is 1.39. The van der Waals surface area contributed by atoms with E-state index in [4.69, 9.17) is 0 Å². The summed E-state index contributed by atoms with van der Waals surface area (Å²) in [5, 5.41) is 3.37. The van der Waals surface area contributed by atoms with E-state index in [-0.39, 0.29) is 0 Å². The number of aromatic nitrogens is 2. The van der Waals surface area contributed by atoms with Crippen LogP contribution in [-0.4, -0.2) is 40.6 Å². The second-order valence-electron chi connectivity index (χ2n) is 5.84. The molecule has 0 aliphatic carbocycles. The highest BCUT2D eigenvalue weighted by Gasteiger charge is 2.35. The number of likely N-dealkylation sites (tertiary alicyclic amines) is 1. The molecule has 1 aromatic rings. The molecule has 2 heterocycles. The molecule has 1 aliphatic heterocycles. The molecule has 0 bridgehead atoms. The van der Waals surface area contributed by atoms with E-state index in [2.05, 4.69) is 53.8 Å². The number of nitrogens with zero attached hydrogens (tertiary/aromatic N) is 3. The second-order valence-corrected chi connectivity index (χ2v) is 5.84. The van der Waals surface area contributed by atoms with Gasteiger partial charge in [-0.05, 0) is 59.7 Å². The summed E-state index contributed by atoms with van der Waals surface area (Å²) in [6, 6.07) is 1.09. The van der Waals surface area contributed by atoms with Crippen molar-refractivity contribution in [3.63, 3.8) is 0 Å². The molecule has 1 fully saturated rings. The van der Waals surface area contributed by atoms with Gasteiger partial charge in [-0.1, -0.05) is 0 Å². The molecule has 2 atom stereocenters. The van der Waals surface area contributed by atoms with Crippen LogP contribution in [0.5, 0.6) is 0 Å². The summed E-state index contributed by atoms with van der Waals surface area (Å²) in [6.07, 6.45) is 6.65. The Morgan fingerprint density at radius 1 is 1.47 bits per heavy atom. The van der Waals surface area contributed by atoms with Gasteiger partial charge in [0.2, 0.25) is 0 Å². The zero-order valence-corrected chi connectivity index (χ0v) is 12.8. The third-order valence-corrected chi connectivity index (χ3v) is 4.31. The quantitative estimate of drug-likeness (QED) is 0.886. The van der Waals surface area contributed by atoms with Crippen molar-refractivity contribution < 1.29 is 0 Å². The van der Waals surface area contributed by atoms with E-state index in [1.165, 1.54) is 25.1 Å². The van der Waals surface area contributed by atoms with Crippen molar-refractivity contribution in [2.45, 2.75) is 52.2 Å². The minimum absolute atomic E-state index is 0.503. The van der Waals surface area contributed by atoms with Crippen LogP contribution in [0.15, 0.2) is 12.5 Å². The molecule has 0 saturated carbocycles. The van der Waals surface area contributed by atoms with Gasteiger partial charge in [0.25, 0.3) is 0 Å². The van der Waals surface area contributed by atoms with Crippen LogP contribution in [-0.2, 0) is 6.54 Å². The first kappa shape index (κ1) is 14.5. The molecule has 1 saturated heterocycles. The van der Waals surface area contributed by atoms with Crippen LogP contribution in [0, 0.1) is 5.92 Å². The van der Waals surface area contributed by atoms with Gasteiger partial charge >= 0.3 is 0 Å². The van der Waals surface area contributed by atoms with Crippen LogP contribution in [0.1, 0.15) is 45.3 Å². The maximum atomic E-state index is 4.37. The van der Waals surface area contributed by atoms with Gasteiger partial charge in [0.1, 0.15) is 0 Å². The Labute approximate surface area is 117 Å².